The van der Waals surface area contributed by atoms with Crippen LogP contribution in [-0.2, 0) is 19.9 Å². The summed E-state index contributed by atoms with van der Waals surface area (Å²) < 4.78 is 1.81. The summed E-state index contributed by atoms with van der Waals surface area (Å²) in [6, 6.07) is 7.92. The van der Waals surface area contributed by atoms with Crippen molar-refractivity contribution in [2.45, 2.75) is 12.8 Å². The Labute approximate surface area is 159 Å². The molecule has 0 aliphatic heterocycles. The van der Waals surface area contributed by atoms with Crippen molar-refractivity contribution in [2.75, 3.05) is 20.1 Å². The third kappa shape index (κ3) is 7.22. The molecule has 0 fully saturated rings. The van der Waals surface area contributed by atoms with Gasteiger partial charge >= 0.3 is 0 Å². The topological polar surface area (TPSA) is 54.2 Å². The maximum absolute atomic E-state index is 5.88. The Morgan fingerprint density at radius 1 is 1.13 bits per heavy atom. The molecule has 1 aromatic carbocycles. The summed E-state index contributed by atoms with van der Waals surface area (Å²) in [7, 11) is 3.70. The number of aliphatic imine (C=N–C) groups is 1. The van der Waals surface area contributed by atoms with Crippen LogP contribution in [0.4, 0.5) is 0 Å². The molecule has 1 heterocycles. The van der Waals surface area contributed by atoms with E-state index in [4.69, 9.17) is 11.6 Å². The van der Waals surface area contributed by atoms with Crippen molar-refractivity contribution >= 4 is 41.5 Å². The summed E-state index contributed by atoms with van der Waals surface area (Å²) in [6.07, 6.45) is 5.77. The number of hydrogen-bond donors (Lipinski definition) is 2. The molecule has 2 rings (SSSR count). The average Bonchev–Trinajstić information content (AvgIpc) is 2.93. The zero-order chi connectivity index (χ0) is 15.8. The van der Waals surface area contributed by atoms with Crippen molar-refractivity contribution < 1.29 is 0 Å². The highest BCUT2D eigenvalue weighted by Gasteiger charge is 2.00. The predicted molar refractivity (Wildman–Crippen MR) is 107 cm³/mol. The second kappa shape index (κ2) is 10.5. The molecule has 0 bridgehead atoms. The Hall–Kier alpha value is -1.28. The molecule has 0 atom stereocenters. The van der Waals surface area contributed by atoms with E-state index in [2.05, 4.69) is 20.7 Å². The van der Waals surface area contributed by atoms with Gasteiger partial charge in [-0.1, -0.05) is 23.7 Å². The largest absolute Gasteiger partial charge is 0.356 e. The number of aryl methyl sites for hydroxylation is 1. The van der Waals surface area contributed by atoms with Gasteiger partial charge in [-0.15, -0.1) is 24.0 Å². The van der Waals surface area contributed by atoms with Gasteiger partial charge in [0.15, 0.2) is 5.96 Å². The quantitative estimate of drug-likeness (QED) is 0.407. The molecule has 0 aliphatic carbocycles. The van der Waals surface area contributed by atoms with Crippen LogP contribution < -0.4 is 10.6 Å². The van der Waals surface area contributed by atoms with Gasteiger partial charge in [0.25, 0.3) is 0 Å². The third-order valence-electron chi connectivity index (χ3n) is 3.31. The van der Waals surface area contributed by atoms with Crippen LogP contribution in [0.3, 0.4) is 0 Å². The molecule has 23 heavy (non-hydrogen) atoms. The molecule has 0 unspecified atom stereocenters. The van der Waals surface area contributed by atoms with Crippen LogP contribution in [-0.4, -0.2) is 35.9 Å². The number of benzene rings is 1. The molecule has 7 heteroatoms. The fourth-order valence-corrected chi connectivity index (χ4v) is 2.25. The van der Waals surface area contributed by atoms with Crippen molar-refractivity contribution in [1.82, 2.24) is 20.4 Å². The van der Waals surface area contributed by atoms with E-state index in [1.54, 1.807) is 7.05 Å². The summed E-state index contributed by atoms with van der Waals surface area (Å²) in [5, 5.41) is 11.5. The van der Waals surface area contributed by atoms with Crippen LogP contribution in [0.1, 0.15) is 11.1 Å². The molecule has 0 aliphatic rings. The van der Waals surface area contributed by atoms with Crippen LogP contribution in [0.25, 0.3) is 0 Å². The lowest BCUT2D eigenvalue weighted by molar-refractivity contribution is 0.764. The Morgan fingerprint density at radius 2 is 1.74 bits per heavy atom. The van der Waals surface area contributed by atoms with Crippen LogP contribution in [0.5, 0.6) is 0 Å². The lowest BCUT2D eigenvalue weighted by Gasteiger charge is -2.11. The fraction of sp³-hybridized carbons (Fsp3) is 0.375. The van der Waals surface area contributed by atoms with Crippen LogP contribution in [0.15, 0.2) is 41.7 Å². The van der Waals surface area contributed by atoms with Crippen molar-refractivity contribution in [2.24, 2.45) is 12.0 Å². The normalized spacial score (nSPS) is 11.0. The van der Waals surface area contributed by atoms with Gasteiger partial charge in [0.05, 0.1) is 6.20 Å². The fourth-order valence-electron chi connectivity index (χ4n) is 2.12. The van der Waals surface area contributed by atoms with Gasteiger partial charge in [-0.25, -0.2) is 0 Å². The lowest BCUT2D eigenvalue weighted by Crippen LogP contribution is -2.39. The first-order chi connectivity index (χ1) is 10.7. The van der Waals surface area contributed by atoms with E-state index in [9.17, 15) is 0 Å². The van der Waals surface area contributed by atoms with Crippen molar-refractivity contribution in [3.8, 4) is 0 Å². The number of aromatic nitrogens is 2. The molecular weight excluding hydrogens is 425 g/mol. The summed E-state index contributed by atoms with van der Waals surface area (Å²) in [6.45, 7) is 1.65. The highest BCUT2D eigenvalue weighted by molar-refractivity contribution is 14.0. The van der Waals surface area contributed by atoms with Gasteiger partial charge in [0.2, 0.25) is 0 Å². The van der Waals surface area contributed by atoms with Gasteiger partial charge in [0.1, 0.15) is 0 Å². The summed E-state index contributed by atoms with van der Waals surface area (Å²) in [5.41, 5.74) is 2.47. The highest BCUT2D eigenvalue weighted by Crippen LogP contribution is 2.09. The molecule has 0 saturated heterocycles. The molecule has 2 aromatic rings. The second-order valence-electron chi connectivity index (χ2n) is 5.07. The molecule has 0 saturated carbocycles. The van der Waals surface area contributed by atoms with E-state index < -0.39 is 0 Å². The molecule has 0 radical (unpaired) electrons. The van der Waals surface area contributed by atoms with E-state index in [-0.39, 0.29) is 24.0 Å². The van der Waals surface area contributed by atoms with E-state index in [0.717, 1.165) is 36.9 Å². The van der Waals surface area contributed by atoms with Gasteiger partial charge in [-0.3, -0.25) is 9.67 Å². The zero-order valence-electron chi connectivity index (χ0n) is 13.4. The van der Waals surface area contributed by atoms with Crippen molar-refractivity contribution in [3.63, 3.8) is 0 Å². The van der Waals surface area contributed by atoms with E-state index >= 15 is 0 Å². The minimum Gasteiger partial charge on any atom is -0.356 e. The Bertz CT molecular complexity index is 609. The SMILES string of the molecule is CN=C(NCCc1ccc(Cl)cc1)NCCc1cnn(C)c1.I. The van der Waals surface area contributed by atoms with Crippen LogP contribution in [0, 0.1) is 0 Å². The maximum Gasteiger partial charge on any atom is 0.190 e. The zero-order valence-corrected chi connectivity index (χ0v) is 16.5. The number of hydrogen-bond acceptors (Lipinski definition) is 2. The maximum atomic E-state index is 5.88. The molecule has 1 aromatic heterocycles. The molecule has 2 N–H and O–H groups in total. The first-order valence-corrected chi connectivity index (χ1v) is 7.71. The van der Waals surface area contributed by atoms with Gasteiger partial charge in [-0.2, -0.15) is 5.10 Å². The van der Waals surface area contributed by atoms with Crippen LogP contribution in [0.2, 0.25) is 5.02 Å². The minimum atomic E-state index is 0. The monoisotopic (exact) mass is 447 g/mol. The average molecular weight is 448 g/mol. The predicted octanol–water partition coefficient (Wildman–Crippen LogP) is 2.64. The Balaban J connectivity index is 0.00000264. The smallest absolute Gasteiger partial charge is 0.190 e. The highest BCUT2D eigenvalue weighted by atomic mass is 127. The number of guanidine groups is 1. The molecule has 5 nitrogen and oxygen atoms in total. The molecular formula is C16H23ClIN5. The minimum absolute atomic E-state index is 0. The molecule has 0 spiro atoms. The number of halogens is 2. The summed E-state index contributed by atoms with van der Waals surface area (Å²) in [5.74, 6) is 0.817. The van der Waals surface area contributed by atoms with E-state index in [0.29, 0.717) is 0 Å². The standard InChI is InChI=1S/C16H22ClN5.HI/c1-18-16(20-10-8-14-11-21-22(2)12-14)19-9-7-13-3-5-15(17)6-4-13;/h3-6,11-12H,7-10H2,1-2H3,(H2,18,19,20);1H. The lowest BCUT2D eigenvalue weighted by atomic mass is 10.1. The number of nitrogens with zero attached hydrogens (tertiary/aromatic N) is 3. The number of rotatable bonds is 6. The summed E-state index contributed by atoms with van der Waals surface area (Å²) in [4.78, 5) is 4.22. The summed E-state index contributed by atoms with van der Waals surface area (Å²) >= 11 is 5.88. The first-order valence-electron chi connectivity index (χ1n) is 7.34. The Kier molecular flexibility index (Phi) is 9.01. The van der Waals surface area contributed by atoms with Gasteiger partial charge in [-0.05, 0) is 36.1 Å². The van der Waals surface area contributed by atoms with E-state index in [1.807, 2.05) is 48.4 Å². The van der Waals surface area contributed by atoms with E-state index in [1.165, 1.54) is 11.1 Å². The number of nitrogens with one attached hydrogen (secondary N) is 2. The first kappa shape index (κ1) is 19.8. The molecule has 0 amide bonds. The second-order valence-corrected chi connectivity index (χ2v) is 5.51. The molecule has 126 valence electrons. The van der Waals surface area contributed by atoms with Gasteiger partial charge < -0.3 is 10.6 Å². The third-order valence-corrected chi connectivity index (χ3v) is 3.56. The Morgan fingerprint density at radius 3 is 2.26 bits per heavy atom. The van der Waals surface area contributed by atoms with Crippen LogP contribution >= 0.6 is 35.6 Å². The van der Waals surface area contributed by atoms with Crippen molar-refractivity contribution in [1.29, 1.82) is 0 Å². The van der Waals surface area contributed by atoms with Crippen molar-refractivity contribution in [3.05, 3.63) is 52.8 Å². The van der Waals surface area contributed by atoms with Gasteiger partial charge in [0, 0.05) is 38.4 Å².